The van der Waals surface area contributed by atoms with E-state index in [-0.39, 0.29) is 5.65 Å². The van der Waals surface area contributed by atoms with Gasteiger partial charge in [0.1, 0.15) is 17.1 Å². The number of ether oxygens (including phenoxy) is 1. The molecule has 0 fully saturated rings. The molecule has 2 heterocycles. The van der Waals surface area contributed by atoms with Gasteiger partial charge >= 0.3 is 6.18 Å². The number of methoxy groups -OCH3 is 1. The molecule has 0 unspecified atom stereocenters. The number of aryl methyl sites for hydroxylation is 1. The number of aromatic nitrogens is 2. The fourth-order valence-corrected chi connectivity index (χ4v) is 2.46. The van der Waals surface area contributed by atoms with Crippen LogP contribution in [0.4, 0.5) is 18.9 Å². The highest BCUT2D eigenvalue weighted by Gasteiger charge is 2.40. The molecule has 25 heavy (non-hydrogen) atoms. The van der Waals surface area contributed by atoms with Crippen molar-refractivity contribution >= 4 is 17.2 Å². The summed E-state index contributed by atoms with van der Waals surface area (Å²) in [5.41, 5.74) is -0.713. The highest BCUT2D eigenvalue weighted by atomic mass is 19.4. The number of nitrogens with zero attached hydrogens (tertiary/aromatic N) is 2. The largest absolute Gasteiger partial charge is 0.497 e. The molecule has 5 nitrogen and oxygen atoms in total. The van der Waals surface area contributed by atoms with E-state index in [0.717, 1.165) is 4.40 Å². The Morgan fingerprint density at radius 3 is 2.68 bits per heavy atom. The van der Waals surface area contributed by atoms with E-state index in [4.69, 9.17) is 4.74 Å². The summed E-state index contributed by atoms with van der Waals surface area (Å²) in [5.74, 6) is -0.429. The van der Waals surface area contributed by atoms with Crippen LogP contribution in [-0.4, -0.2) is 22.4 Å². The van der Waals surface area contributed by atoms with Crippen molar-refractivity contribution in [3.63, 3.8) is 0 Å². The van der Waals surface area contributed by atoms with Crippen LogP contribution in [0.1, 0.15) is 21.7 Å². The van der Waals surface area contributed by atoms with Crippen molar-refractivity contribution in [2.24, 2.45) is 0 Å². The molecule has 0 spiro atoms. The van der Waals surface area contributed by atoms with Crippen LogP contribution in [0.5, 0.6) is 5.75 Å². The maximum atomic E-state index is 13.3. The van der Waals surface area contributed by atoms with Crippen LogP contribution in [0.2, 0.25) is 0 Å². The number of hydrogen-bond donors (Lipinski definition) is 1. The van der Waals surface area contributed by atoms with Crippen LogP contribution in [0.25, 0.3) is 5.65 Å². The number of carbonyl (C=O) groups excluding carboxylic acids is 1. The molecule has 1 aromatic carbocycles. The Morgan fingerprint density at radius 1 is 1.24 bits per heavy atom. The van der Waals surface area contributed by atoms with Crippen molar-refractivity contribution in [3.05, 3.63) is 59.5 Å². The maximum absolute atomic E-state index is 13.3. The fourth-order valence-electron chi connectivity index (χ4n) is 2.46. The number of halogens is 3. The second-order valence-electron chi connectivity index (χ2n) is 5.43. The maximum Gasteiger partial charge on any atom is 0.435 e. The second-order valence-corrected chi connectivity index (χ2v) is 5.43. The van der Waals surface area contributed by atoms with Gasteiger partial charge in [0.15, 0.2) is 5.69 Å². The molecule has 130 valence electrons. The zero-order chi connectivity index (χ0) is 18.2. The minimum atomic E-state index is -4.75. The van der Waals surface area contributed by atoms with E-state index in [0.29, 0.717) is 17.0 Å². The SMILES string of the molecule is COc1cccc(NC(=O)c2c(C(F)(F)F)nc3ccc(C)cn23)c1. The number of anilines is 1. The number of amides is 1. The Bertz CT molecular complexity index is 948. The lowest BCUT2D eigenvalue weighted by Gasteiger charge is -2.10. The third kappa shape index (κ3) is 3.28. The summed E-state index contributed by atoms with van der Waals surface area (Å²) in [7, 11) is 1.45. The molecule has 0 atom stereocenters. The van der Waals surface area contributed by atoms with Crippen LogP contribution in [-0.2, 0) is 6.18 Å². The number of carbonyl (C=O) groups is 1. The fraction of sp³-hybridized carbons (Fsp3) is 0.176. The Labute approximate surface area is 141 Å². The molecule has 0 aliphatic heterocycles. The van der Waals surface area contributed by atoms with E-state index in [9.17, 15) is 18.0 Å². The molecule has 8 heteroatoms. The summed E-state index contributed by atoms with van der Waals surface area (Å²) in [4.78, 5) is 16.1. The van der Waals surface area contributed by atoms with Crippen molar-refractivity contribution < 1.29 is 22.7 Å². The molecular weight excluding hydrogens is 335 g/mol. The first-order valence-corrected chi connectivity index (χ1v) is 7.31. The van der Waals surface area contributed by atoms with Gasteiger partial charge in [0.2, 0.25) is 0 Å². The summed E-state index contributed by atoms with van der Waals surface area (Å²) in [6, 6.07) is 9.42. The van der Waals surface area contributed by atoms with E-state index < -0.39 is 23.5 Å². The van der Waals surface area contributed by atoms with Gasteiger partial charge in [0, 0.05) is 18.0 Å². The monoisotopic (exact) mass is 349 g/mol. The average Bonchev–Trinajstić information content (AvgIpc) is 2.94. The van der Waals surface area contributed by atoms with Crippen LogP contribution < -0.4 is 10.1 Å². The molecular formula is C17H14F3N3O2. The van der Waals surface area contributed by atoms with E-state index >= 15 is 0 Å². The summed E-state index contributed by atoms with van der Waals surface area (Å²) in [5, 5.41) is 2.46. The number of imidazole rings is 1. The zero-order valence-electron chi connectivity index (χ0n) is 13.4. The predicted octanol–water partition coefficient (Wildman–Crippen LogP) is 3.92. The lowest BCUT2D eigenvalue weighted by atomic mass is 10.2. The smallest absolute Gasteiger partial charge is 0.435 e. The van der Waals surface area contributed by atoms with Crippen LogP contribution in [0.3, 0.4) is 0 Å². The summed E-state index contributed by atoms with van der Waals surface area (Å²) < 4.78 is 46.2. The third-order valence-electron chi connectivity index (χ3n) is 3.58. The van der Waals surface area contributed by atoms with E-state index in [1.165, 1.54) is 25.4 Å². The van der Waals surface area contributed by atoms with Crippen LogP contribution >= 0.6 is 0 Å². The molecule has 0 radical (unpaired) electrons. The number of hydrogen-bond acceptors (Lipinski definition) is 3. The lowest BCUT2D eigenvalue weighted by Crippen LogP contribution is -2.20. The first-order chi connectivity index (χ1) is 11.8. The molecule has 0 aliphatic carbocycles. The van der Waals surface area contributed by atoms with Gasteiger partial charge < -0.3 is 10.1 Å². The number of rotatable bonds is 3. The number of pyridine rings is 1. The topological polar surface area (TPSA) is 55.6 Å². The number of fused-ring (bicyclic) bond motifs is 1. The molecule has 3 rings (SSSR count). The number of alkyl halides is 3. The van der Waals surface area contributed by atoms with Crippen molar-refractivity contribution in [3.8, 4) is 5.75 Å². The third-order valence-corrected chi connectivity index (χ3v) is 3.58. The van der Waals surface area contributed by atoms with Gasteiger partial charge in [0.05, 0.1) is 7.11 Å². The highest BCUT2D eigenvalue weighted by molar-refractivity contribution is 6.04. The van der Waals surface area contributed by atoms with Crippen LogP contribution in [0, 0.1) is 6.92 Å². The van der Waals surface area contributed by atoms with Gasteiger partial charge in [-0.1, -0.05) is 12.1 Å². The van der Waals surface area contributed by atoms with Gasteiger partial charge in [-0.15, -0.1) is 0 Å². The Kier molecular flexibility index (Phi) is 4.12. The Hall–Kier alpha value is -3.03. The molecule has 2 aromatic heterocycles. The number of nitrogens with one attached hydrogen (secondary N) is 1. The Balaban J connectivity index is 2.09. The van der Waals surface area contributed by atoms with Gasteiger partial charge in [0.25, 0.3) is 5.91 Å². The molecule has 0 aliphatic rings. The minimum absolute atomic E-state index is 0.0497. The average molecular weight is 349 g/mol. The van der Waals surface area contributed by atoms with E-state index in [1.54, 1.807) is 31.2 Å². The van der Waals surface area contributed by atoms with Gasteiger partial charge in [-0.25, -0.2) is 4.98 Å². The molecule has 1 N–H and O–H groups in total. The summed E-state index contributed by atoms with van der Waals surface area (Å²) in [6.07, 6.45) is -3.31. The normalized spacial score (nSPS) is 11.6. The van der Waals surface area contributed by atoms with Crippen molar-refractivity contribution in [1.82, 2.24) is 9.38 Å². The molecule has 0 saturated carbocycles. The number of benzene rings is 1. The lowest BCUT2D eigenvalue weighted by molar-refractivity contribution is -0.141. The van der Waals surface area contributed by atoms with Crippen molar-refractivity contribution in [2.45, 2.75) is 13.1 Å². The highest BCUT2D eigenvalue weighted by Crippen LogP contribution is 2.32. The summed E-state index contributed by atoms with van der Waals surface area (Å²) >= 11 is 0. The quantitative estimate of drug-likeness (QED) is 0.780. The van der Waals surface area contributed by atoms with E-state index in [1.807, 2.05) is 0 Å². The van der Waals surface area contributed by atoms with Gasteiger partial charge in [-0.2, -0.15) is 13.2 Å². The standard InChI is InChI=1S/C17H14F3N3O2/c1-10-6-7-13-22-15(17(18,19)20)14(23(13)9-10)16(24)21-11-4-3-5-12(8-11)25-2/h3-9H,1-2H3,(H,21,24). The van der Waals surface area contributed by atoms with E-state index in [2.05, 4.69) is 10.3 Å². The van der Waals surface area contributed by atoms with Crippen molar-refractivity contribution in [1.29, 1.82) is 0 Å². The molecule has 1 amide bonds. The van der Waals surface area contributed by atoms with Gasteiger partial charge in [-0.05, 0) is 30.7 Å². The second kappa shape index (κ2) is 6.12. The molecule has 3 aromatic rings. The zero-order valence-corrected chi connectivity index (χ0v) is 13.4. The Morgan fingerprint density at radius 2 is 2.00 bits per heavy atom. The molecule has 0 bridgehead atoms. The minimum Gasteiger partial charge on any atom is -0.497 e. The summed E-state index contributed by atoms with van der Waals surface area (Å²) in [6.45, 7) is 1.72. The van der Waals surface area contributed by atoms with Crippen molar-refractivity contribution in [2.75, 3.05) is 12.4 Å². The first-order valence-electron chi connectivity index (χ1n) is 7.31. The molecule has 0 saturated heterocycles. The van der Waals surface area contributed by atoms with Gasteiger partial charge in [-0.3, -0.25) is 9.20 Å². The predicted molar refractivity (Wildman–Crippen MR) is 85.9 cm³/mol. The van der Waals surface area contributed by atoms with Crippen LogP contribution in [0.15, 0.2) is 42.6 Å². The first kappa shape index (κ1) is 16.8.